The van der Waals surface area contributed by atoms with Crippen molar-refractivity contribution in [1.82, 2.24) is 20.1 Å². The average Bonchev–Trinajstić information content (AvgIpc) is 3.19. The molecule has 0 saturated carbocycles. The summed E-state index contributed by atoms with van der Waals surface area (Å²) >= 11 is 0. The number of aromatic nitrogens is 1. The van der Waals surface area contributed by atoms with Crippen LogP contribution in [-0.4, -0.2) is 73.7 Å². The molecule has 2 fully saturated rings. The summed E-state index contributed by atoms with van der Waals surface area (Å²) in [7, 11) is 4.05. The van der Waals surface area contributed by atoms with Crippen LogP contribution in [0.4, 0.5) is 0 Å². The maximum Gasteiger partial charge on any atom is 0.213 e. The Kier molecular flexibility index (Phi) is 7.54. The predicted octanol–water partition coefficient (Wildman–Crippen LogP) is 1.68. The number of rotatable bonds is 4. The highest BCUT2D eigenvalue weighted by Crippen LogP contribution is 2.17. The smallest absolute Gasteiger partial charge is 0.213 e. The van der Waals surface area contributed by atoms with Gasteiger partial charge in [-0.25, -0.2) is 4.98 Å². The zero-order valence-corrected chi connectivity index (χ0v) is 16.8. The largest absolute Gasteiger partial charge is 0.472 e. The number of aliphatic imine (C=N–C) groups is 1. The first kappa shape index (κ1) is 19.2. The molecular weight excluding hydrogens is 417 g/mol. The molecule has 0 radical (unpaired) electrons. The van der Waals surface area contributed by atoms with E-state index in [4.69, 9.17) is 4.74 Å². The van der Waals surface area contributed by atoms with Gasteiger partial charge in [-0.15, -0.1) is 24.0 Å². The molecule has 3 rings (SSSR count). The van der Waals surface area contributed by atoms with Crippen molar-refractivity contribution in [3.63, 3.8) is 0 Å². The highest BCUT2D eigenvalue weighted by atomic mass is 127. The Morgan fingerprint density at radius 1 is 1.33 bits per heavy atom. The molecule has 2 unspecified atom stereocenters. The molecule has 0 aliphatic carbocycles. The van der Waals surface area contributed by atoms with Gasteiger partial charge >= 0.3 is 0 Å². The molecule has 0 aromatic carbocycles. The molecule has 0 spiro atoms. The Morgan fingerprint density at radius 2 is 2.21 bits per heavy atom. The molecule has 6 nitrogen and oxygen atoms in total. The average molecular weight is 445 g/mol. The molecule has 1 N–H and O–H groups in total. The van der Waals surface area contributed by atoms with Crippen molar-refractivity contribution in [3.05, 3.63) is 24.4 Å². The van der Waals surface area contributed by atoms with Crippen molar-refractivity contribution in [2.24, 2.45) is 10.9 Å². The highest BCUT2D eigenvalue weighted by molar-refractivity contribution is 14.0. The number of likely N-dealkylation sites (tertiary alicyclic amines) is 2. The van der Waals surface area contributed by atoms with E-state index in [9.17, 15) is 0 Å². The van der Waals surface area contributed by atoms with Crippen LogP contribution in [0.15, 0.2) is 29.4 Å². The van der Waals surface area contributed by atoms with Crippen molar-refractivity contribution in [2.75, 3.05) is 46.8 Å². The first-order chi connectivity index (χ1) is 11.2. The number of hydrogen-bond donors (Lipinski definition) is 1. The molecule has 134 valence electrons. The second-order valence-electron chi connectivity index (χ2n) is 6.49. The van der Waals surface area contributed by atoms with Crippen molar-refractivity contribution in [2.45, 2.75) is 18.9 Å². The van der Waals surface area contributed by atoms with Gasteiger partial charge in [0.1, 0.15) is 6.10 Å². The number of halogens is 1. The third-order valence-electron chi connectivity index (χ3n) is 4.62. The minimum atomic E-state index is 0. The number of nitrogens with zero attached hydrogens (tertiary/aromatic N) is 4. The summed E-state index contributed by atoms with van der Waals surface area (Å²) in [5, 5.41) is 3.54. The molecule has 1 aromatic heterocycles. The molecule has 2 aliphatic rings. The van der Waals surface area contributed by atoms with Gasteiger partial charge in [0.05, 0.1) is 6.54 Å². The zero-order chi connectivity index (χ0) is 16.1. The molecule has 1 aromatic rings. The van der Waals surface area contributed by atoms with Crippen LogP contribution >= 0.6 is 24.0 Å². The van der Waals surface area contributed by atoms with E-state index in [2.05, 4.69) is 32.1 Å². The lowest BCUT2D eigenvalue weighted by Gasteiger charge is -2.23. The SMILES string of the molecule is CN=C(NCC1CCN(C)C1)N1CCC(Oc2ccccn2)C1.I. The topological polar surface area (TPSA) is 53.0 Å². The number of ether oxygens (including phenoxy) is 1. The number of guanidine groups is 1. The van der Waals surface area contributed by atoms with Gasteiger partial charge in [0.2, 0.25) is 5.88 Å². The van der Waals surface area contributed by atoms with Gasteiger partial charge in [-0.1, -0.05) is 6.07 Å². The van der Waals surface area contributed by atoms with Crippen LogP contribution in [0.1, 0.15) is 12.8 Å². The van der Waals surface area contributed by atoms with Crippen molar-refractivity contribution in [1.29, 1.82) is 0 Å². The lowest BCUT2D eigenvalue weighted by molar-refractivity contribution is 0.205. The van der Waals surface area contributed by atoms with Gasteiger partial charge in [-0.2, -0.15) is 0 Å². The fourth-order valence-corrected chi connectivity index (χ4v) is 3.37. The van der Waals surface area contributed by atoms with Crippen LogP contribution in [0.25, 0.3) is 0 Å². The molecule has 2 atom stereocenters. The number of pyridine rings is 1. The second-order valence-corrected chi connectivity index (χ2v) is 6.49. The van der Waals surface area contributed by atoms with E-state index in [1.165, 1.54) is 19.5 Å². The molecule has 0 amide bonds. The van der Waals surface area contributed by atoms with Gasteiger partial charge in [0, 0.05) is 45.4 Å². The minimum Gasteiger partial charge on any atom is -0.472 e. The summed E-state index contributed by atoms with van der Waals surface area (Å²) in [6.07, 6.45) is 4.22. The first-order valence-electron chi connectivity index (χ1n) is 8.46. The zero-order valence-electron chi connectivity index (χ0n) is 14.5. The van der Waals surface area contributed by atoms with Gasteiger partial charge in [0.15, 0.2) is 5.96 Å². The van der Waals surface area contributed by atoms with Crippen LogP contribution in [0, 0.1) is 5.92 Å². The Balaban J connectivity index is 0.00000208. The van der Waals surface area contributed by atoms with Crippen LogP contribution in [0.2, 0.25) is 0 Å². The molecule has 3 heterocycles. The van der Waals surface area contributed by atoms with Gasteiger partial charge in [-0.05, 0) is 32.0 Å². The van der Waals surface area contributed by atoms with Gasteiger partial charge < -0.3 is 19.9 Å². The Labute approximate surface area is 161 Å². The van der Waals surface area contributed by atoms with Gasteiger partial charge in [0.25, 0.3) is 0 Å². The van der Waals surface area contributed by atoms with E-state index < -0.39 is 0 Å². The second kappa shape index (κ2) is 9.41. The lowest BCUT2D eigenvalue weighted by atomic mass is 10.1. The van der Waals surface area contributed by atoms with Crippen LogP contribution in [-0.2, 0) is 0 Å². The summed E-state index contributed by atoms with van der Waals surface area (Å²) in [4.78, 5) is 13.3. The molecule has 24 heavy (non-hydrogen) atoms. The third kappa shape index (κ3) is 5.20. The van der Waals surface area contributed by atoms with Crippen molar-refractivity contribution < 1.29 is 4.74 Å². The van der Waals surface area contributed by atoms with E-state index in [-0.39, 0.29) is 30.1 Å². The molecular formula is C17H28IN5O. The fraction of sp³-hybridized carbons (Fsp3) is 0.647. The molecule has 7 heteroatoms. The monoisotopic (exact) mass is 445 g/mol. The van der Waals surface area contributed by atoms with Crippen LogP contribution in [0.5, 0.6) is 5.88 Å². The summed E-state index contributed by atoms with van der Waals surface area (Å²) < 4.78 is 5.95. The van der Waals surface area contributed by atoms with Crippen LogP contribution < -0.4 is 10.1 Å². The van der Waals surface area contributed by atoms with Crippen molar-refractivity contribution >= 4 is 29.9 Å². The van der Waals surface area contributed by atoms with E-state index in [0.717, 1.165) is 37.9 Å². The summed E-state index contributed by atoms with van der Waals surface area (Å²) in [5.74, 6) is 2.42. The number of nitrogens with one attached hydrogen (secondary N) is 1. The standard InChI is InChI=1S/C17H27N5O.HI/c1-18-17(20-11-14-6-9-21(2)12-14)22-10-7-15(13-22)23-16-5-3-4-8-19-16;/h3-5,8,14-15H,6-7,9-13H2,1-2H3,(H,18,20);1H. The maximum absolute atomic E-state index is 5.95. The molecule has 0 bridgehead atoms. The Hall–Kier alpha value is -1.09. The highest BCUT2D eigenvalue weighted by Gasteiger charge is 2.27. The van der Waals surface area contributed by atoms with Crippen molar-refractivity contribution in [3.8, 4) is 5.88 Å². The number of hydrogen-bond acceptors (Lipinski definition) is 4. The van der Waals surface area contributed by atoms with E-state index in [1.807, 2.05) is 25.2 Å². The minimum absolute atomic E-state index is 0. The van der Waals surface area contributed by atoms with E-state index in [0.29, 0.717) is 5.88 Å². The van der Waals surface area contributed by atoms with E-state index in [1.54, 1.807) is 6.20 Å². The van der Waals surface area contributed by atoms with E-state index >= 15 is 0 Å². The predicted molar refractivity (Wildman–Crippen MR) is 107 cm³/mol. The molecule has 2 saturated heterocycles. The van der Waals surface area contributed by atoms with Crippen LogP contribution in [0.3, 0.4) is 0 Å². The Morgan fingerprint density at radius 3 is 2.88 bits per heavy atom. The van der Waals surface area contributed by atoms with Gasteiger partial charge in [-0.3, -0.25) is 4.99 Å². The first-order valence-corrected chi connectivity index (χ1v) is 8.46. The third-order valence-corrected chi connectivity index (χ3v) is 4.62. The normalized spacial score (nSPS) is 24.8. The summed E-state index contributed by atoms with van der Waals surface area (Å²) in [5.41, 5.74) is 0. The summed E-state index contributed by atoms with van der Waals surface area (Å²) in [6.45, 7) is 5.21. The summed E-state index contributed by atoms with van der Waals surface area (Å²) in [6, 6.07) is 5.76. The Bertz CT molecular complexity index is 527. The maximum atomic E-state index is 5.95. The fourth-order valence-electron chi connectivity index (χ4n) is 3.37. The quantitative estimate of drug-likeness (QED) is 0.434. The molecule has 2 aliphatic heterocycles. The lowest BCUT2D eigenvalue weighted by Crippen LogP contribution is -2.43.